The molecule has 1 aliphatic heterocycles. The second kappa shape index (κ2) is 7.59. The summed E-state index contributed by atoms with van der Waals surface area (Å²) < 4.78 is 5.20. The van der Waals surface area contributed by atoms with E-state index in [1.807, 2.05) is 12.1 Å². The number of hydrogen-bond donors (Lipinski definition) is 2. The summed E-state index contributed by atoms with van der Waals surface area (Å²) in [5.74, 6) is -0.534. The number of rotatable bonds is 5. The van der Waals surface area contributed by atoms with Crippen LogP contribution in [0.5, 0.6) is 5.75 Å². The molecule has 2 aromatic carbocycles. The second-order valence-electron chi connectivity index (χ2n) is 6.53. The number of anilines is 2. The minimum atomic E-state index is -0.992. The first-order valence-corrected chi connectivity index (χ1v) is 9.00. The molecule has 0 saturated heterocycles. The maximum absolute atomic E-state index is 12.9. The number of aromatic nitrogens is 2. The third-order valence-corrected chi connectivity index (χ3v) is 4.59. The number of H-pyrrole nitrogens is 1. The van der Waals surface area contributed by atoms with Crippen LogP contribution >= 0.6 is 0 Å². The van der Waals surface area contributed by atoms with Crippen molar-refractivity contribution in [3.8, 4) is 17.1 Å². The van der Waals surface area contributed by atoms with Crippen LogP contribution in [0.3, 0.4) is 0 Å². The predicted molar refractivity (Wildman–Crippen MR) is 110 cm³/mol. The topological polar surface area (TPSA) is 99.7 Å². The van der Waals surface area contributed by atoms with Gasteiger partial charge in [-0.25, -0.2) is 4.98 Å². The molecule has 1 aromatic heterocycles. The highest BCUT2D eigenvalue weighted by Crippen LogP contribution is 2.28. The molecule has 2 heterocycles. The van der Waals surface area contributed by atoms with Gasteiger partial charge in [0.15, 0.2) is 5.92 Å². The lowest BCUT2D eigenvalue weighted by atomic mass is 10.0. The largest absolute Gasteiger partial charge is 0.497 e. The molecular formula is C21H19N5O3. The van der Waals surface area contributed by atoms with Gasteiger partial charge < -0.3 is 15.0 Å². The third kappa shape index (κ3) is 3.60. The zero-order valence-electron chi connectivity index (χ0n) is 15.9. The Morgan fingerprint density at radius 1 is 1.21 bits per heavy atom. The lowest BCUT2D eigenvalue weighted by molar-refractivity contribution is -0.127. The van der Waals surface area contributed by atoms with E-state index in [1.165, 1.54) is 5.01 Å². The van der Waals surface area contributed by atoms with Gasteiger partial charge in [0.1, 0.15) is 11.6 Å². The number of ether oxygens (including phenoxy) is 1. The highest BCUT2D eigenvalue weighted by molar-refractivity contribution is 6.28. The van der Waals surface area contributed by atoms with Crippen molar-refractivity contribution in [1.82, 2.24) is 9.97 Å². The molecule has 1 atom stereocenters. The molecule has 2 amide bonds. The van der Waals surface area contributed by atoms with Crippen molar-refractivity contribution in [1.29, 1.82) is 0 Å². The van der Waals surface area contributed by atoms with E-state index < -0.39 is 17.7 Å². The van der Waals surface area contributed by atoms with Gasteiger partial charge in [0.2, 0.25) is 5.91 Å². The number of nitrogens with zero attached hydrogens (tertiary/aromatic N) is 3. The summed E-state index contributed by atoms with van der Waals surface area (Å²) in [6.45, 7) is 1.67. The van der Waals surface area contributed by atoms with Gasteiger partial charge in [-0.1, -0.05) is 18.2 Å². The van der Waals surface area contributed by atoms with Gasteiger partial charge in [0.05, 0.1) is 18.5 Å². The van der Waals surface area contributed by atoms with Crippen molar-refractivity contribution in [2.75, 3.05) is 17.4 Å². The summed E-state index contributed by atoms with van der Waals surface area (Å²) in [5, 5.41) is 8.33. The Morgan fingerprint density at radius 2 is 2.03 bits per heavy atom. The smallest absolute Gasteiger partial charge is 0.265 e. The van der Waals surface area contributed by atoms with E-state index in [2.05, 4.69) is 20.4 Å². The number of methoxy groups -OCH3 is 1. The zero-order valence-corrected chi connectivity index (χ0v) is 15.9. The number of hydrogen-bond acceptors (Lipinski definition) is 5. The Morgan fingerprint density at radius 3 is 2.79 bits per heavy atom. The molecule has 2 N–H and O–H groups in total. The first-order chi connectivity index (χ1) is 14.1. The number of carbonyl (C=O) groups excluding carboxylic acids is 2. The quantitative estimate of drug-likeness (QED) is 0.655. The van der Waals surface area contributed by atoms with Gasteiger partial charge in [-0.15, -0.1) is 0 Å². The molecule has 29 heavy (non-hydrogen) atoms. The van der Waals surface area contributed by atoms with Crippen molar-refractivity contribution in [2.24, 2.45) is 11.0 Å². The average Bonchev–Trinajstić information content (AvgIpc) is 3.36. The normalized spacial score (nSPS) is 15.9. The van der Waals surface area contributed by atoms with Crippen LogP contribution in [0, 0.1) is 5.92 Å². The number of imidazole rings is 1. The molecule has 0 fully saturated rings. The molecule has 1 aliphatic rings. The standard InChI is InChI=1S/C21H19N5O3/c1-13-18(21(28)26(25-13)16-7-4-8-17(12-16)29-2)20(27)24-15-6-3-5-14(11-15)19-22-9-10-23-19/h3-12,18H,1-2H3,(H,22,23)(H,24,27). The van der Waals surface area contributed by atoms with E-state index in [0.29, 0.717) is 28.7 Å². The summed E-state index contributed by atoms with van der Waals surface area (Å²) in [7, 11) is 1.55. The Kier molecular flexibility index (Phi) is 4.82. The fourth-order valence-corrected chi connectivity index (χ4v) is 3.18. The maximum Gasteiger partial charge on any atom is 0.265 e. The van der Waals surface area contributed by atoms with E-state index in [0.717, 1.165) is 5.56 Å². The van der Waals surface area contributed by atoms with Gasteiger partial charge in [0, 0.05) is 29.7 Å². The molecule has 0 bridgehead atoms. The molecule has 146 valence electrons. The summed E-state index contributed by atoms with van der Waals surface area (Å²) in [4.78, 5) is 33.0. The molecular weight excluding hydrogens is 370 g/mol. The van der Waals surface area contributed by atoms with Crippen LogP contribution in [0.15, 0.2) is 66.0 Å². The van der Waals surface area contributed by atoms with Gasteiger partial charge in [-0.05, 0) is 31.2 Å². The van der Waals surface area contributed by atoms with Crippen molar-refractivity contribution in [3.05, 3.63) is 60.9 Å². The molecule has 0 spiro atoms. The number of aromatic amines is 1. The van der Waals surface area contributed by atoms with Crippen LogP contribution < -0.4 is 15.1 Å². The number of nitrogens with one attached hydrogen (secondary N) is 2. The highest BCUT2D eigenvalue weighted by atomic mass is 16.5. The van der Waals surface area contributed by atoms with Crippen LogP contribution in [0.1, 0.15) is 6.92 Å². The maximum atomic E-state index is 12.9. The van der Waals surface area contributed by atoms with Crippen molar-refractivity contribution in [2.45, 2.75) is 6.92 Å². The first kappa shape index (κ1) is 18.4. The molecule has 1 unspecified atom stereocenters. The minimum Gasteiger partial charge on any atom is -0.497 e. The fourth-order valence-electron chi connectivity index (χ4n) is 3.18. The van der Waals surface area contributed by atoms with Gasteiger partial charge >= 0.3 is 0 Å². The van der Waals surface area contributed by atoms with Crippen LogP contribution in [-0.2, 0) is 9.59 Å². The first-order valence-electron chi connectivity index (χ1n) is 9.00. The van der Waals surface area contributed by atoms with E-state index in [9.17, 15) is 9.59 Å². The number of benzene rings is 2. The predicted octanol–water partition coefficient (Wildman–Crippen LogP) is 3.06. The highest BCUT2D eigenvalue weighted by Gasteiger charge is 2.39. The molecule has 3 aromatic rings. The third-order valence-electron chi connectivity index (χ3n) is 4.59. The summed E-state index contributed by atoms with van der Waals surface area (Å²) in [6, 6.07) is 14.2. The minimum absolute atomic E-state index is 0.407. The number of hydrazone groups is 1. The van der Waals surface area contributed by atoms with E-state index in [4.69, 9.17) is 4.74 Å². The summed E-state index contributed by atoms with van der Waals surface area (Å²) in [6.07, 6.45) is 3.38. The summed E-state index contributed by atoms with van der Waals surface area (Å²) >= 11 is 0. The van der Waals surface area contributed by atoms with Gasteiger partial charge in [-0.2, -0.15) is 10.1 Å². The van der Waals surface area contributed by atoms with Crippen molar-refractivity contribution < 1.29 is 14.3 Å². The molecule has 0 aliphatic carbocycles. The number of carbonyl (C=O) groups is 2. The monoisotopic (exact) mass is 389 g/mol. The summed E-state index contributed by atoms with van der Waals surface area (Å²) in [5.41, 5.74) is 2.37. The molecule has 8 nitrogen and oxygen atoms in total. The van der Waals surface area contributed by atoms with E-state index >= 15 is 0 Å². The van der Waals surface area contributed by atoms with Gasteiger partial charge in [-0.3, -0.25) is 9.59 Å². The lowest BCUT2D eigenvalue weighted by Crippen LogP contribution is -2.36. The average molecular weight is 389 g/mol. The zero-order chi connectivity index (χ0) is 20.4. The molecule has 0 radical (unpaired) electrons. The van der Waals surface area contributed by atoms with Gasteiger partial charge in [0.25, 0.3) is 5.91 Å². The Hall–Kier alpha value is -3.94. The van der Waals surface area contributed by atoms with Crippen LogP contribution in [0.25, 0.3) is 11.4 Å². The Labute approximate surface area is 167 Å². The van der Waals surface area contributed by atoms with Crippen LogP contribution in [-0.4, -0.2) is 34.6 Å². The lowest BCUT2D eigenvalue weighted by Gasteiger charge is -2.15. The Bertz CT molecular complexity index is 1090. The second-order valence-corrected chi connectivity index (χ2v) is 6.53. The molecule has 0 saturated carbocycles. The van der Waals surface area contributed by atoms with Crippen LogP contribution in [0.2, 0.25) is 0 Å². The molecule has 4 rings (SSSR count). The van der Waals surface area contributed by atoms with E-state index in [1.54, 1.807) is 62.8 Å². The van der Waals surface area contributed by atoms with E-state index in [-0.39, 0.29) is 0 Å². The SMILES string of the molecule is COc1cccc(N2N=C(C)C(C(=O)Nc3cccc(-c4ncc[nH]4)c3)C2=O)c1. The van der Waals surface area contributed by atoms with Crippen LogP contribution in [0.4, 0.5) is 11.4 Å². The molecule has 8 heteroatoms. The Balaban J connectivity index is 1.53. The van der Waals surface area contributed by atoms with Crippen molar-refractivity contribution in [3.63, 3.8) is 0 Å². The number of amides is 2. The van der Waals surface area contributed by atoms with Crippen molar-refractivity contribution >= 4 is 28.9 Å². The fraction of sp³-hybridized carbons (Fsp3) is 0.143.